The predicted molar refractivity (Wildman–Crippen MR) is 66.0 cm³/mol. The molecule has 0 bridgehead atoms. The molecule has 0 aromatic heterocycles. The van der Waals surface area contributed by atoms with E-state index in [1.807, 2.05) is 0 Å². The first-order valence-corrected chi connectivity index (χ1v) is 5.81. The van der Waals surface area contributed by atoms with Gasteiger partial charge < -0.3 is 5.73 Å². The average Bonchev–Trinajstić information content (AvgIpc) is 2.01. The Balaban J connectivity index is 3.38. The Hall–Kier alpha value is -0.140. The van der Waals surface area contributed by atoms with Crippen LogP contribution in [0.2, 0.25) is 0 Å². The van der Waals surface area contributed by atoms with E-state index in [-0.39, 0.29) is 5.69 Å². The highest BCUT2D eigenvalue weighted by atomic mass is 80.0. The van der Waals surface area contributed by atoms with E-state index < -0.39 is 7.07 Å². The first kappa shape index (κ1) is 11.9. The molecule has 0 saturated heterocycles. The third kappa shape index (κ3) is 2.68. The van der Waals surface area contributed by atoms with Gasteiger partial charge in [-0.1, -0.05) is 47.8 Å². The van der Waals surface area contributed by atoms with E-state index in [0.29, 0.717) is 11.3 Å². The number of halogens is 3. The standard InChI is InChI=1S/C7H5Br3N2O2/c8-7(9,10)5-3-4(11)1-2-6(5)12(13)14/h1-3H,11H2. The van der Waals surface area contributed by atoms with Crippen LogP contribution in [0.3, 0.4) is 0 Å². The molecule has 0 fully saturated rings. The van der Waals surface area contributed by atoms with Crippen molar-refractivity contribution in [1.29, 1.82) is 0 Å². The largest absolute Gasteiger partial charge is 0.399 e. The Morgan fingerprint density at radius 3 is 2.36 bits per heavy atom. The molecular formula is C7H5Br3N2O2. The number of benzene rings is 1. The lowest BCUT2D eigenvalue weighted by Gasteiger charge is -2.13. The van der Waals surface area contributed by atoms with E-state index in [2.05, 4.69) is 47.8 Å². The maximum absolute atomic E-state index is 10.7. The second-order valence-corrected chi connectivity index (χ2v) is 9.29. The van der Waals surface area contributed by atoms with Crippen LogP contribution in [0.25, 0.3) is 0 Å². The van der Waals surface area contributed by atoms with Gasteiger partial charge in [0.25, 0.3) is 5.69 Å². The molecule has 0 saturated carbocycles. The van der Waals surface area contributed by atoms with E-state index in [9.17, 15) is 10.1 Å². The molecule has 0 amide bonds. The lowest BCUT2D eigenvalue weighted by molar-refractivity contribution is -0.385. The first-order chi connectivity index (χ1) is 6.32. The summed E-state index contributed by atoms with van der Waals surface area (Å²) in [5, 5.41) is 10.7. The summed E-state index contributed by atoms with van der Waals surface area (Å²) in [5.74, 6) is 0. The minimum absolute atomic E-state index is 0.00942. The van der Waals surface area contributed by atoms with Gasteiger partial charge in [0.1, 0.15) is 0 Å². The van der Waals surface area contributed by atoms with Gasteiger partial charge in [-0.2, -0.15) is 0 Å². The van der Waals surface area contributed by atoms with Gasteiger partial charge in [-0.25, -0.2) is 0 Å². The van der Waals surface area contributed by atoms with Crippen molar-refractivity contribution >= 4 is 59.2 Å². The molecule has 2 N–H and O–H groups in total. The zero-order chi connectivity index (χ0) is 10.9. The number of alkyl halides is 3. The van der Waals surface area contributed by atoms with Crippen molar-refractivity contribution in [2.24, 2.45) is 0 Å². The number of nitrogens with zero attached hydrogens (tertiary/aromatic N) is 1. The van der Waals surface area contributed by atoms with Crippen molar-refractivity contribution in [3.63, 3.8) is 0 Å². The number of hydrogen-bond donors (Lipinski definition) is 1. The summed E-state index contributed by atoms with van der Waals surface area (Å²) in [6.07, 6.45) is 0. The summed E-state index contributed by atoms with van der Waals surface area (Å²) in [7, 11) is 0. The van der Waals surface area contributed by atoms with Crippen LogP contribution in [0.15, 0.2) is 18.2 Å². The number of nitro groups is 1. The zero-order valence-corrected chi connectivity index (χ0v) is 11.5. The molecule has 1 aromatic carbocycles. The Labute approximate surface area is 105 Å². The fourth-order valence-corrected chi connectivity index (χ4v) is 1.89. The second-order valence-electron chi connectivity index (χ2n) is 2.53. The summed E-state index contributed by atoms with van der Waals surface area (Å²) in [5.41, 5.74) is 6.41. The van der Waals surface area contributed by atoms with E-state index in [1.54, 1.807) is 0 Å². The fraction of sp³-hybridized carbons (Fsp3) is 0.143. The molecular weight excluding hydrogens is 384 g/mol. The number of nitrogens with two attached hydrogens (primary N) is 1. The first-order valence-electron chi connectivity index (χ1n) is 3.43. The molecule has 4 nitrogen and oxygen atoms in total. The third-order valence-corrected chi connectivity index (χ3v) is 2.80. The normalized spacial score (nSPS) is 11.4. The van der Waals surface area contributed by atoms with Crippen molar-refractivity contribution in [2.75, 3.05) is 5.73 Å². The Bertz CT molecular complexity index is 376. The summed E-state index contributed by atoms with van der Waals surface area (Å²) in [6, 6.07) is 4.37. The summed E-state index contributed by atoms with van der Waals surface area (Å²) >= 11 is 9.64. The van der Waals surface area contributed by atoms with Crippen LogP contribution in [0.1, 0.15) is 5.56 Å². The molecule has 0 spiro atoms. The summed E-state index contributed by atoms with van der Waals surface area (Å²) in [4.78, 5) is 10.2. The SMILES string of the molecule is Nc1ccc([N+](=O)[O-])c(C(Br)(Br)Br)c1. The molecule has 0 unspecified atom stereocenters. The van der Waals surface area contributed by atoms with Crippen molar-refractivity contribution in [3.8, 4) is 0 Å². The predicted octanol–water partition coefficient (Wildman–Crippen LogP) is 3.47. The van der Waals surface area contributed by atoms with Gasteiger partial charge in [0, 0.05) is 11.8 Å². The smallest absolute Gasteiger partial charge is 0.275 e. The van der Waals surface area contributed by atoms with Crippen LogP contribution in [-0.2, 0) is 2.14 Å². The summed E-state index contributed by atoms with van der Waals surface area (Å²) in [6.45, 7) is 0. The monoisotopic (exact) mass is 386 g/mol. The van der Waals surface area contributed by atoms with Crippen LogP contribution in [0.5, 0.6) is 0 Å². The van der Waals surface area contributed by atoms with Crippen LogP contribution >= 0.6 is 47.8 Å². The molecule has 0 heterocycles. The molecule has 0 aliphatic carbocycles. The highest BCUT2D eigenvalue weighted by Crippen LogP contribution is 2.48. The maximum Gasteiger partial charge on any atom is 0.275 e. The molecule has 0 radical (unpaired) electrons. The van der Waals surface area contributed by atoms with E-state index in [1.165, 1.54) is 18.2 Å². The molecule has 76 valence electrons. The van der Waals surface area contributed by atoms with Crippen molar-refractivity contribution in [1.82, 2.24) is 0 Å². The van der Waals surface area contributed by atoms with Gasteiger partial charge in [-0.05, 0) is 12.1 Å². The minimum Gasteiger partial charge on any atom is -0.399 e. The number of nitrogen functional groups attached to an aromatic ring is 1. The van der Waals surface area contributed by atoms with Crippen LogP contribution in [0, 0.1) is 10.1 Å². The number of anilines is 1. The lowest BCUT2D eigenvalue weighted by Crippen LogP contribution is -2.04. The molecule has 7 heteroatoms. The van der Waals surface area contributed by atoms with Crippen LogP contribution in [-0.4, -0.2) is 4.92 Å². The quantitative estimate of drug-likeness (QED) is 0.346. The highest BCUT2D eigenvalue weighted by Gasteiger charge is 2.29. The Kier molecular flexibility index (Phi) is 3.54. The van der Waals surface area contributed by atoms with Crippen LogP contribution in [0.4, 0.5) is 11.4 Å². The minimum atomic E-state index is -0.829. The molecule has 0 aliphatic rings. The lowest BCUT2D eigenvalue weighted by atomic mass is 10.2. The van der Waals surface area contributed by atoms with Gasteiger partial charge in [0.15, 0.2) is 2.14 Å². The molecule has 0 aliphatic heterocycles. The van der Waals surface area contributed by atoms with E-state index in [0.717, 1.165) is 0 Å². The highest BCUT2D eigenvalue weighted by molar-refractivity contribution is 9.38. The molecule has 14 heavy (non-hydrogen) atoms. The molecule has 1 aromatic rings. The fourth-order valence-electron chi connectivity index (χ4n) is 0.940. The van der Waals surface area contributed by atoms with Crippen molar-refractivity contribution < 1.29 is 4.92 Å². The van der Waals surface area contributed by atoms with Crippen LogP contribution < -0.4 is 5.73 Å². The van der Waals surface area contributed by atoms with E-state index in [4.69, 9.17) is 5.73 Å². The van der Waals surface area contributed by atoms with Crippen molar-refractivity contribution in [3.05, 3.63) is 33.9 Å². The van der Waals surface area contributed by atoms with Crippen molar-refractivity contribution in [2.45, 2.75) is 2.14 Å². The molecule has 0 atom stereocenters. The third-order valence-electron chi connectivity index (χ3n) is 1.52. The van der Waals surface area contributed by atoms with Gasteiger partial charge in [-0.3, -0.25) is 10.1 Å². The summed E-state index contributed by atoms with van der Waals surface area (Å²) < 4.78 is -0.829. The maximum atomic E-state index is 10.7. The Morgan fingerprint density at radius 1 is 1.36 bits per heavy atom. The zero-order valence-electron chi connectivity index (χ0n) is 6.71. The Morgan fingerprint density at radius 2 is 1.93 bits per heavy atom. The van der Waals surface area contributed by atoms with Gasteiger partial charge in [0.2, 0.25) is 0 Å². The average molecular weight is 389 g/mol. The van der Waals surface area contributed by atoms with Gasteiger partial charge in [0.05, 0.1) is 10.5 Å². The molecule has 1 rings (SSSR count). The number of nitro benzene ring substituents is 1. The topological polar surface area (TPSA) is 69.2 Å². The second kappa shape index (κ2) is 4.16. The number of rotatable bonds is 1. The number of hydrogen-bond acceptors (Lipinski definition) is 3. The van der Waals surface area contributed by atoms with E-state index >= 15 is 0 Å². The van der Waals surface area contributed by atoms with Gasteiger partial charge >= 0.3 is 0 Å². The van der Waals surface area contributed by atoms with Gasteiger partial charge in [-0.15, -0.1) is 0 Å².